The smallest absolute Gasteiger partial charge is 0.415 e. The maximum absolute atomic E-state index is 12.6. The van der Waals surface area contributed by atoms with E-state index in [0.717, 1.165) is 0 Å². The molecule has 1 fully saturated rings. The van der Waals surface area contributed by atoms with Gasteiger partial charge in [-0.15, -0.1) is 0 Å². The van der Waals surface area contributed by atoms with Gasteiger partial charge in [0.25, 0.3) is 0 Å². The number of ether oxygens (including phenoxy) is 4. The van der Waals surface area contributed by atoms with E-state index in [2.05, 4.69) is 0 Å². The predicted molar refractivity (Wildman–Crippen MR) is 101 cm³/mol. The standard InChI is InChI=1S/C21H19NO6/c1-25-15-6-7-16-18(13-15)27-19(20(16)23)12-14-4-2-3-5-17(14)28-21(24)22-8-10-26-11-9-22/h2-7,12-13H,8-11H2,1H3/b19-12-. The molecule has 0 spiro atoms. The van der Waals surface area contributed by atoms with E-state index < -0.39 is 6.09 Å². The number of carbonyl (C=O) groups excluding carboxylic acids is 2. The number of fused-ring (bicyclic) bond motifs is 1. The molecule has 2 aliphatic rings. The molecule has 0 atom stereocenters. The molecule has 7 heteroatoms. The Bertz CT molecular complexity index is 946. The number of carbonyl (C=O) groups is 2. The SMILES string of the molecule is COc1ccc2c(c1)O/C(=C\c1ccccc1OC(=O)N1CCOCC1)C2=O. The van der Waals surface area contributed by atoms with Gasteiger partial charge in [0.05, 0.1) is 25.9 Å². The second kappa shape index (κ2) is 7.74. The Morgan fingerprint density at radius 1 is 1.14 bits per heavy atom. The predicted octanol–water partition coefficient (Wildman–Crippen LogP) is 3.14. The molecule has 2 aromatic rings. The molecule has 28 heavy (non-hydrogen) atoms. The summed E-state index contributed by atoms with van der Waals surface area (Å²) in [7, 11) is 1.55. The quantitative estimate of drug-likeness (QED) is 0.761. The molecule has 0 unspecified atom stereocenters. The molecule has 1 saturated heterocycles. The molecule has 2 aromatic carbocycles. The first kappa shape index (κ1) is 18.1. The van der Waals surface area contributed by atoms with Crippen molar-refractivity contribution >= 4 is 18.0 Å². The summed E-state index contributed by atoms with van der Waals surface area (Å²) in [6, 6.07) is 12.0. The fraction of sp³-hybridized carbons (Fsp3) is 0.238. The van der Waals surface area contributed by atoms with E-state index in [1.807, 2.05) is 0 Å². The topological polar surface area (TPSA) is 74.3 Å². The third-order valence-electron chi connectivity index (χ3n) is 4.55. The Morgan fingerprint density at radius 3 is 2.71 bits per heavy atom. The van der Waals surface area contributed by atoms with Crippen molar-refractivity contribution in [1.29, 1.82) is 0 Å². The van der Waals surface area contributed by atoms with Crippen LogP contribution in [0.5, 0.6) is 17.2 Å². The fourth-order valence-electron chi connectivity index (χ4n) is 3.03. The summed E-state index contributed by atoms with van der Waals surface area (Å²) >= 11 is 0. The maximum atomic E-state index is 12.6. The van der Waals surface area contributed by atoms with Crippen LogP contribution in [0, 0.1) is 0 Å². The lowest BCUT2D eigenvalue weighted by molar-refractivity contribution is 0.0415. The minimum atomic E-state index is -0.444. The summed E-state index contributed by atoms with van der Waals surface area (Å²) in [5.74, 6) is 1.34. The molecular formula is C21H19NO6. The third-order valence-corrected chi connectivity index (χ3v) is 4.55. The second-order valence-electron chi connectivity index (χ2n) is 6.31. The van der Waals surface area contributed by atoms with Gasteiger partial charge in [0, 0.05) is 24.7 Å². The molecule has 7 nitrogen and oxygen atoms in total. The molecule has 0 radical (unpaired) electrons. The highest BCUT2D eigenvalue weighted by Gasteiger charge is 2.28. The zero-order valence-electron chi connectivity index (χ0n) is 15.3. The van der Waals surface area contributed by atoms with E-state index in [4.69, 9.17) is 18.9 Å². The third kappa shape index (κ3) is 3.57. The van der Waals surface area contributed by atoms with E-state index in [0.29, 0.717) is 54.7 Å². The highest BCUT2D eigenvalue weighted by Crippen LogP contribution is 2.35. The van der Waals surface area contributed by atoms with Crippen LogP contribution in [0.25, 0.3) is 6.08 Å². The molecule has 4 rings (SSSR count). The van der Waals surface area contributed by atoms with Gasteiger partial charge in [0.1, 0.15) is 17.2 Å². The van der Waals surface area contributed by atoms with E-state index in [1.54, 1.807) is 60.6 Å². The molecular weight excluding hydrogens is 362 g/mol. The van der Waals surface area contributed by atoms with E-state index >= 15 is 0 Å². The van der Waals surface area contributed by atoms with Gasteiger partial charge in [-0.2, -0.15) is 0 Å². The van der Waals surface area contributed by atoms with Crippen LogP contribution >= 0.6 is 0 Å². The summed E-state index contributed by atoms with van der Waals surface area (Å²) in [5, 5.41) is 0. The zero-order valence-corrected chi connectivity index (χ0v) is 15.3. The lowest BCUT2D eigenvalue weighted by atomic mass is 10.1. The summed E-state index contributed by atoms with van der Waals surface area (Å²) in [4.78, 5) is 26.6. The molecule has 1 amide bonds. The summed E-state index contributed by atoms with van der Waals surface area (Å²) in [6.45, 7) is 1.96. The number of ketones is 1. The zero-order chi connectivity index (χ0) is 19.5. The van der Waals surface area contributed by atoms with Gasteiger partial charge in [0.2, 0.25) is 5.78 Å². The van der Waals surface area contributed by atoms with Crippen molar-refractivity contribution in [2.45, 2.75) is 0 Å². The highest BCUT2D eigenvalue weighted by molar-refractivity contribution is 6.14. The van der Waals surface area contributed by atoms with Crippen molar-refractivity contribution in [2.24, 2.45) is 0 Å². The number of para-hydroxylation sites is 1. The van der Waals surface area contributed by atoms with Crippen LogP contribution in [-0.2, 0) is 4.74 Å². The van der Waals surface area contributed by atoms with Gasteiger partial charge in [-0.05, 0) is 24.3 Å². The molecule has 0 aliphatic carbocycles. The average molecular weight is 381 g/mol. The molecule has 0 saturated carbocycles. The number of amides is 1. The Hall–Kier alpha value is -3.32. The van der Waals surface area contributed by atoms with Crippen LogP contribution < -0.4 is 14.2 Å². The Morgan fingerprint density at radius 2 is 1.93 bits per heavy atom. The summed E-state index contributed by atoms with van der Waals surface area (Å²) in [6.07, 6.45) is 1.14. The first-order valence-corrected chi connectivity index (χ1v) is 8.91. The van der Waals surface area contributed by atoms with Crippen molar-refractivity contribution in [3.05, 3.63) is 59.4 Å². The van der Waals surface area contributed by atoms with Gasteiger partial charge >= 0.3 is 6.09 Å². The van der Waals surface area contributed by atoms with Crippen molar-refractivity contribution < 1.29 is 28.5 Å². The molecule has 0 N–H and O–H groups in total. The normalized spacial score (nSPS) is 17.2. The number of methoxy groups -OCH3 is 1. The largest absolute Gasteiger partial charge is 0.497 e. The minimum absolute atomic E-state index is 0.165. The summed E-state index contributed by atoms with van der Waals surface area (Å²) in [5.41, 5.74) is 1.04. The van der Waals surface area contributed by atoms with Crippen LogP contribution in [0.1, 0.15) is 15.9 Å². The average Bonchev–Trinajstić information content (AvgIpc) is 3.04. The van der Waals surface area contributed by atoms with Crippen LogP contribution in [0.4, 0.5) is 4.79 Å². The van der Waals surface area contributed by atoms with Gasteiger partial charge in [-0.25, -0.2) is 4.79 Å². The van der Waals surface area contributed by atoms with Gasteiger partial charge < -0.3 is 23.8 Å². The Labute approximate surface area is 162 Å². The van der Waals surface area contributed by atoms with Gasteiger partial charge in [0.15, 0.2) is 5.76 Å². The van der Waals surface area contributed by atoms with Crippen molar-refractivity contribution in [3.63, 3.8) is 0 Å². The molecule has 0 bridgehead atoms. The molecule has 2 aliphatic heterocycles. The Balaban J connectivity index is 1.57. The monoisotopic (exact) mass is 381 g/mol. The molecule has 0 aromatic heterocycles. The lowest BCUT2D eigenvalue weighted by Gasteiger charge is -2.26. The maximum Gasteiger partial charge on any atom is 0.415 e. The van der Waals surface area contributed by atoms with Gasteiger partial charge in [-0.1, -0.05) is 18.2 Å². The fourth-order valence-corrected chi connectivity index (χ4v) is 3.03. The van der Waals surface area contributed by atoms with Gasteiger partial charge in [-0.3, -0.25) is 4.79 Å². The second-order valence-corrected chi connectivity index (χ2v) is 6.31. The first-order valence-electron chi connectivity index (χ1n) is 8.91. The van der Waals surface area contributed by atoms with Crippen LogP contribution in [-0.4, -0.2) is 50.2 Å². The molecule has 144 valence electrons. The number of benzene rings is 2. The molecule has 2 heterocycles. The van der Waals surface area contributed by atoms with E-state index in [9.17, 15) is 9.59 Å². The minimum Gasteiger partial charge on any atom is -0.497 e. The number of nitrogens with zero attached hydrogens (tertiary/aromatic N) is 1. The van der Waals surface area contributed by atoms with Crippen LogP contribution in [0.2, 0.25) is 0 Å². The number of allylic oxidation sites excluding steroid dienone is 1. The van der Waals surface area contributed by atoms with Crippen molar-refractivity contribution in [3.8, 4) is 17.2 Å². The van der Waals surface area contributed by atoms with Crippen molar-refractivity contribution in [2.75, 3.05) is 33.4 Å². The van der Waals surface area contributed by atoms with Crippen LogP contribution in [0.3, 0.4) is 0 Å². The number of rotatable bonds is 3. The van der Waals surface area contributed by atoms with E-state index in [1.165, 1.54) is 0 Å². The number of hydrogen-bond donors (Lipinski definition) is 0. The lowest BCUT2D eigenvalue weighted by Crippen LogP contribution is -2.42. The van der Waals surface area contributed by atoms with Crippen LogP contribution in [0.15, 0.2) is 48.2 Å². The van der Waals surface area contributed by atoms with E-state index in [-0.39, 0.29) is 11.5 Å². The highest BCUT2D eigenvalue weighted by atomic mass is 16.6. The summed E-state index contributed by atoms with van der Waals surface area (Å²) < 4.78 is 21.7. The number of Topliss-reactive ketones (excluding diaryl/α,β-unsaturated/α-hetero) is 1. The Kier molecular flexibility index (Phi) is 4.99. The first-order chi connectivity index (χ1) is 13.7. The number of morpholine rings is 1. The number of hydrogen-bond acceptors (Lipinski definition) is 6. The van der Waals surface area contributed by atoms with Crippen molar-refractivity contribution in [1.82, 2.24) is 4.90 Å².